The molecule has 1 aromatic rings. The fourth-order valence-corrected chi connectivity index (χ4v) is 3.74. The number of hydrogen-bond donors (Lipinski definition) is 1. The van der Waals surface area contributed by atoms with Crippen molar-refractivity contribution < 1.29 is 4.79 Å². The summed E-state index contributed by atoms with van der Waals surface area (Å²) in [5, 5.41) is 3.47. The van der Waals surface area contributed by atoms with E-state index in [1.807, 2.05) is 18.2 Å². The summed E-state index contributed by atoms with van der Waals surface area (Å²) in [6.45, 7) is 4.41. The van der Waals surface area contributed by atoms with Gasteiger partial charge in [-0.25, -0.2) is 0 Å². The lowest BCUT2D eigenvalue weighted by Gasteiger charge is -2.28. The van der Waals surface area contributed by atoms with Gasteiger partial charge in [0.1, 0.15) is 0 Å². The molecule has 1 N–H and O–H groups in total. The van der Waals surface area contributed by atoms with Crippen LogP contribution >= 0.6 is 0 Å². The quantitative estimate of drug-likeness (QED) is 0.917. The fourth-order valence-electron chi connectivity index (χ4n) is 3.74. The molecule has 3 nitrogen and oxygen atoms in total. The molecule has 1 aliphatic heterocycles. The fraction of sp³-hybridized carbons (Fsp3) is 0.588. The first kappa shape index (κ1) is 13.6. The number of rotatable bonds is 3. The highest BCUT2D eigenvalue weighted by Gasteiger charge is 2.41. The maximum Gasteiger partial charge on any atom is 0.241 e. The van der Waals surface area contributed by atoms with Gasteiger partial charge in [0.25, 0.3) is 0 Å². The highest BCUT2D eigenvalue weighted by atomic mass is 16.2. The van der Waals surface area contributed by atoms with E-state index in [1.165, 1.54) is 12.0 Å². The second kappa shape index (κ2) is 5.57. The number of carbonyl (C=O) groups excluding carboxylic acids is 1. The monoisotopic (exact) mass is 272 g/mol. The Morgan fingerprint density at radius 1 is 1.20 bits per heavy atom. The summed E-state index contributed by atoms with van der Waals surface area (Å²) in [6, 6.07) is 10.7. The Balaban J connectivity index is 1.69. The predicted octanol–water partition coefficient (Wildman–Crippen LogP) is 2.56. The molecule has 2 fully saturated rings. The molecule has 1 heterocycles. The topological polar surface area (TPSA) is 32.3 Å². The molecular formula is C17H24N2O. The zero-order valence-corrected chi connectivity index (χ0v) is 12.4. The van der Waals surface area contributed by atoms with E-state index in [0.717, 1.165) is 25.2 Å². The van der Waals surface area contributed by atoms with E-state index in [2.05, 4.69) is 36.2 Å². The number of amides is 1. The van der Waals surface area contributed by atoms with Gasteiger partial charge in [0, 0.05) is 6.04 Å². The van der Waals surface area contributed by atoms with E-state index in [4.69, 9.17) is 0 Å². The van der Waals surface area contributed by atoms with Crippen LogP contribution in [0, 0.1) is 5.92 Å². The molecule has 1 saturated carbocycles. The number of nitrogens with one attached hydrogen (secondary N) is 1. The van der Waals surface area contributed by atoms with Crippen molar-refractivity contribution in [1.82, 2.24) is 10.2 Å². The predicted molar refractivity (Wildman–Crippen MR) is 80.2 cm³/mol. The van der Waals surface area contributed by atoms with Gasteiger partial charge < -0.3 is 4.90 Å². The molecule has 1 amide bonds. The van der Waals surface area contributed by atoms with Crippen LogP contribution in [0.1, 0.15) is 38.7 Å². The van der Waals surface area contributed by atoms with E-state index < -0.39 is 0 Å². The Hall–Kier alpha value is -1.35. The summed E-state index contributed by atoms with van der Waals surface area (Å²) >= 11 is 0. The van der Waals surface area contributed by atoms with Crippen molar-refractivity contribution >= 4 is 5.91 Å². The average Bonchev–Trinajstić information content (AvgIpc) is 2.96. The standard InChI is InChI=1S/C17H24N2O/c1-12-8-9-15(10-12)19-13(2)18-16(17(19)20)11-14-6-4-3-5-7-14/h3-7,12-13,15-16,18H,8-11H2,1-2H3. The van der Waals surface area contributed by atoms with Crippen LogP contribution in [0.2, 0.25) is 0 Å². The summed E-state index contributed by atoms with van der Waals surface area (Å²) in [7, 11) is 0. The molecule has 0 spiro atoms. The molecule has 2 aliphatic rings. The molecule has 3 rings (SSSR count). The van der Waals surface area contributed by atoms with Crippen molar-refractivity contribution in [2.24, 2.45) is 5.92 Å². The first-order valence-electron chi connectivity index (χ1n) is 7.77. The third-order valence-electron chi connectivity index (χ3n) is 4.76. The molecule has 0 aromatic heterocycles. The Bertz CT molecular complexity index is 473. The molecule has 3 heteroatoms. The molecular weight excluding hydrogens is 248 g/mol. The van der Waals surface area contributed by atoms with Crippen molar-refractivity contribution in [3.8, 4) is 0 Å². The van der Waals surface area contributed by atoms with Crippen LogP contribution in [0.4, 0.5) is 0 Å². The molecule has 0 bridgehead atoms. The average molecular weight is 272 g/mol. The first-order chi connectivity index (χ1) is 9.65. The van der Waals surface area contributed by atoms with Gasteiger partial charge in [-0.15, -0.1) is 0 Å². The molecule has 4 atom stereocenters. The first-order valence-corrected chi connectivity index (χ1v) is 7.77. The molecule has 4 unspecified atom stereocenters. The zero-order chi connectivity index (χ0) is 14.1. The molecule has 1 aliphatic carbocycles. The molecule has 1 aromatic carbocycles. The lowest BCUT2D eigenvalue weighted by molar-refractivity contribution is -0.132. The normalized spacial score (nSPS) is 33.9. The Morgan fingerprint density at radius 2 is 1.95 bits per heavy atom. The van der Waals surface area contributed by atoms with Crippen molar-refractivity contribution in [1.29, 1.82) is 0 Å². The minimum Gasteiger partial charge on any atom is -0.323 e. The van der Waals surface area contributed by atoms with Crippen LogP contribution in [0.25, 0.3) is 0 Å². The minimum absolute atomic E-state index is 0.0525. The SMILES string of the molecule is CC1CCC(N2C(=O)C(Cc3ccccc3)NC2C)C1. The number of carbonyl (C=O) groups is 1. The van der Waals surface area contributed by atoms with Crippen molar-refractivity contribution in [2.45, 2.75) is 57.8 Å². The molecule has 20 heavy (non-hydrogen) atoms. The number of nitrogens with zero attached hydrogens (tertiary/aromatic N) is 1. The lowest BCUT2D eigenvalue weighted by atomic mass is 10.1. The smallest absolute Gasteiger partial charge is 0.241 e. The number of benzene rings is 1. The van der Waals surface area contributed by atoms with Crippen molar-refractivity contribution in [2.75, 3.05) is 0 Å². The Labute approximate surface area is 121 Å². The Morgan fingerprint density at radius 3 is 2.60 bits per heavy atom. The molecule has 108 valence electrons. The summed E-state index contributed by atoms with van der Waals surface area (Å²) in [4.78, 5) is 14.8. The van der Waals surface area contributed by atoms with Crippen molar-refractivity contribution in [3.05, 3.63) is 35.9 Å². The van der Waals surface area contributed by atoms with Gasteiger partial charge in [-0.2, -0.15) is 0 Å². The van der Waals surface area contributed by atoms with Crippen molar-refractivity contribution in [3.63, 3.8) is 0 Å². The minimum atomic E-state index is -0.0525. The summed E-state index contributed by atoms with van der Waals surface area (Å²) < 4.78 is 0. The van der Waals surface area contributed by atoms with Gasteiger partial charge in [-0.1, -0.05) is 37.3 Å². The van der Waals surface area contributed by atoms with Crippen LogP contribution in [0.5, 0.6) is 0 Å². The van der Waals surface area contributed by atoms with Crippen LogP contribution in [0.3, 0.4) is 0 Å². The molecule has 0 radical (unpaired) electrons. The van der Waals surface area contributed by atoms with Gasteiger partial charge in [0.05, 0.1) is 12.2 Å². The summed E-state index contributed by atoms with van der Waals surface area (Å²) in [6.07, 6.45) is 4.55. The van der Waals surface area contributed by atoms with E-state index in [9.17, 15) is 4.79 Å². The van der Waals surface area contributed by atoms with Gasteiger partial charge >= 0.3 is 0 Å². The second-order valence-electron chi connectivity index (χ2n) is 6.40. The van der Waals surface area contributed by atoms with Gasteiger partial charge in [-0.05, 0) is 44.1 Å². The third-order valence-corrected chi connectivity index (χ3v) is 4.76. The van der Waals surface area contributed by atoms with E-state index in [0.29, 0.717) is 11.9 Å². The summed E-state index contributed by atoms with van der Waals surface area (Å²) in [5.74, 6) is 1.05. The van der Waals surface area contributed by atoms with Gasteiger partial charge in [-0.3, -0.25) is 10.1 Å². The van der Waals surface area contributed by atoms with E-state index in [1.54, 1.807) is 0 Å². The zero-order valence-electron chi connectivity index (χ0n) is 12.4. The largest absolute Gasteiger partial charge is 0.323 e. The highest BCUT2D eigenvalue weighted by molar-refractivity contribution is 5.85. The van der Waals surface area contributed by atoms with Gasteiger partial charge in [0.2, 0.25) is 5.91 Å². The Kier molecular flexibility index (Phi) is 3.79. The van der Waals surface area contributed by atoms with Crippen LogP contribution < -0.4 is 5.32 Å². The van der Waals surface area contributed by atoms with Crippen LogP contribution in [-0.2, 0) is 11.2 Å². The van der Waals surface area contributed by atoms with Crippen LogP contribution in [0.15, 0.2) is 30.3 Å². The van der Waals surface area contributed by atoms with E-state index >= 15 is 0 Å². The lowest BCUT2D eigenvalue weighted by Crippen LogP contribution is -2.41. The highest BCUT2D eigenvalue weighted by Crippen LogP contribution is 2.32. The van der Waals surface area contributed by atoms with E-state index in [-0.39, 0.29) is 12.2 Å². The third kappa shape index (κ3) is 2.59. The van der Waals surface area contributed by atoms with Gasteiger partial charge in [0.15, 0.2) is 0 Å². The second-order valence-corrected chi connectivity index (χ2v) is 6.40. The summed E-state index contributed by atoms with van der Waals surface area (Å²) in [5.41, 5.74) is 1.23. The maximum absolute atomic E-state index is 12.7. The van der Waals surface area contributed by atoms with Crippen LogP contribution in [-0.4, -0.2) is 29.1 Å². The molecule has 1 saturated heterocycles. The number of hydrogen-bond acceptors (Lipinski definition) is 2. The maximum atomic E-state index is 12.7.